The monoisotopic (exact) mass is 465 g/mol. The molecule has 162 valence electrons. The van der Waals surface area contributed by atoms with Crippen LogP contribution in [-0.4, -0.2) is 28.3 Å². The van der Waals surface area contributed by atoms with Gasteiger partial charge in [0.15, 0.2) is 5.16 Å². The molecule has 0 spiro atoms. The number of carbonyl (C=O) groups is 1. The lowest BCUT2D eigenvalue weighted by Gasteiger charge is -2.13. The lowest BCUT2D eigenvalue weighted by Crippen LogP contribution is -2.22. The number of carbonyl (C=O) groups excluding carboxylic acids is 1. The number of hydrogen-bond acceptors (Lipinski definition) is 5. The van der Waals surface area contributed by atoms with Gasteiger partial charge in [-0.2, -0.15) is 0 Å². The number of anilines is 1. The number of nitrogens with zero attached hydrogens (tertiary/aromatic N) is 2. The number of ether oxygens (including phenoxy) is 1. The number of benzene rings is 3. The number of thioether (sulfide) groups is 1. The van der Waals surface area contributed by atoms with E-state index in [1.54, 1.807) is 28.8 Å². The van der Waals surface area contributed by atoms with Gasteiger partial charge >= 0.3 is 0 Å². The van der Waals surface area contributed by atoms with Crippen molar-refractivity contribution in [2.75, 3.05) is 18.2 Å². The molecule has 1 heterocycles. The van der Waals surface area contributed by atoms with E-state index in [-0.39, 0.29) is 17.9 Å². The third-order valence-corrected chi connectivity index (χ3v) is 5.93. The van der Waals surface area contributed by atoms with Crippen LogP contribution in [0.2, 0.25) is 5.02 Å². The Labute approximate surface area is 194 Å². The van der Waals surface area contributed by atoms with Crippen LogP contribution in [0.4, 0.5) is 5.69 Å². The van der Waals surface area contributed by atoms with E-state index >= 15 is 0 Å². The summed E-state index contributed by atoms with van der Waals surface area (Å²) in [7, 11) is 1.53. The maximum Gasteiger partial charge on any atom is 0.266 e. The molecule has 1 amide bonds. The van der Waals surface area contributed by atoms with Crippen LogP contribution in [0.15, 0.2) is 82.7 Å². The Balaban J connectivity index is 1.55. The summed E-state index contributed by atoms with van der Waals surface area (Å²) < 4.78 is 6.86. The highest BCUT2D eigenvalue weighted by Gasteiger charge is 2.14. The average molecular weight is 466 g/mol. The van der Waals surface area contributed by atoms with Crippen LogP contribution >= 0.6 is 23.4 Å². The molecule has 3 aromatic carbocycles. The Hall–Kier alpha value is -3.29. The van der Waals surface area contributed by atoms with Crippen LogP contribution in [0.5, 0.6) is 5.75 Å². The number of para-hydroxylation sites is 2. The van der Waals surface area contributed by atoms with Gasteiger partial charge in [-0.15, -0.1) is 0 Å². The zero-order valence-corrected chi connectivity index (χ0v) is 18.8. The van der Waals surface area contributed by atoms with Gasteiger partial charge in [-0.1, -0.05) is 53.7 Å². The third kappa shape index (κ3) is 4.79. The highest BCUT2D eigenvalue weighted by atomic mass is 35.5. The number of amides is 1. The smallest absolute Gasteiger partial charge is 0.266 e. The number of methoxy groups -OCH3 is 1. The minimum atomic E-state index is -0.188. The molecule has 0 saturated carbocycles. The molecule has 1 aromatic heterocycles. The topological polar surface area (TPSA) is 73.2 Å². The third-order valence-electron chi connectivity index (χ3n) is 4.76. The van der Waals surface area contributed by atoms with Gasteiger partial charge in [0.2, 0.25) is 5.91 Å². The first-order valence-electron chi connectivity index (χ1n) is 9.90. The lowest BCUT2D eigenvalue weighted by molar-refractivity contribution is -0.115. The van der Waals surface area contributed by atoms with Crippen LogP contribution < -0.4 is 15.6 Å². The maximum atomic E-state index is 13.2. The summed E-state index contributed by atoms with van der Waals surface area (Å²) >= 11 is 7.38. The Morgan fingerprint density at radius 3 is 2.62 bits per heavy atom. The molecule has 0 aliphatic heterocycles. The Bertz CT molecular complexity index is 1330. The second-order valence-electron chi connectivity index (χ2n) is 6.88. The predicted octanol–water partition coefficient (Wildman–Crippen LogP) is 5.17. The molecule has 0 saturated heterocycles. The Morgan fingerprint density at radius 1 is 1.09 bits per heavy atom. The standard InChI is InChI=1S/C24H20ClN3O3S/c1-31-21-12-11-16(25)15-20(21)26-22(29)13-14-32-24-27-19-10-6-5-9-18(19)23(30)28(24)17-7-3-2-4-8-17/h2-12,15H,13-14H2,1H3,(H,26,29). The van der Waals surface area contributed by atoms with E-state index in [4.69, 9.17) is 16.3 Å². The summed E-state index contributed by atoms with van der Waals surface area (Å²) in [6.45, 7) is 0. The van der Waals surface area contributed by atoms with Crippen LogP contribution in [0.1, 0.15) is 6.42 Å². The quantitative estimate of drug-likeness (QED) is 0.301. The van der Waals surface area contributed by atoms with Crippen LogP contribution in [-0.2, 0) is 4.79 Å². The fourth-order valence-electron chi connectivity index (χ4n) is 3.24. The van der Waals surface area contributed by atoms with Crippen molar-refractivity contribution in [3.05, 3.63) is 88.2 Å². The van der Waals surface area contributed by atoms with Crippen LogP contribution in [0, 0.1) is 0 Å². The van der Waals surface area contributed by atoms with Crippen molar-refractivity contribution in [3.8, 4) is 11.4 Å². The van der Waals surface area contributed by atoms with Gasteiger partial charge in [-0.25, -0.2) is 4.98 Å². The van der Waals surface area contributed by atoms with Crippen molar-refractivity contribution in [2.45, 2.75) is 11.6 Å². The maximum absolute atomic E-state index is 13.2. The summed E-state index contributed by atoms with van der Waals surface area (Å²) in [4.78, 5) is 30.4. The summed E-state index contributed by atoms with van der Waals surface area (Å²) in [6, 6.07) is 21.6. The zero-order valence-electron chi connectivity index (χ0n) is 17.2. The van der Waals surface area contributed by atoms with Crippen LogP contribution in [0.3, 0.4) is 0 Å². The Morgan fingerprint density at radius 2 is 1.84 bits per heavy atom. The summed E-state index contributed by atoms with van der Waals surface area (Å²) in [5, 5.41) is 4.41. The first-order chi connectivity index (χ1) is 15.6. The minimum absolute atomic E-state index is 0.141. The Kier molecular flexibility index (Phi) is 6.78. The molecule has 0 fully saturated rings. The molecule has 0 aliphatic rings. The molecule has 8 heteroatoms. The van der Waals surface area contributed by atoms with E-state index in [1.165, 1.54) is 18.9 Å². The molecule has 0 bridgehead atoms. The molecule has 1 N–H and O–H groups in total. The highest BCUT2D eigenvalue weighted by molar-refractivity contribution is 7.99. The van der Waals surface area contributed by atoms with Gasteiger partial charge in [0.1, 0.15) is 5.75 Å². The molecule has 4 aromatic rings. The highest BCUT2D eigenvalue weighted by Crippen LogP contribution is 2.28. The number of rotatable bonds is 7. The fraction of sp³-hybridized carbons (Fsp3) is 0.125. The van der Waals surface area contributed by atoms with Gasteiger partial charge in [0.25, 0.3) is 5.56 Å². The number of nitrogens with one attached hydrogen (secondary N) is 1. The van der Waals surface area contributed by atoms with E-state index in [2.05, 4.69) is 10.3 Å². The number of aromatic nitrogens is 2. The van der Waals surface area contributed by atoms with Crippen molar-refractivity contribution in [3.63, 3.8) is 0 Å². The van der Waals surface area contributed by atoms with E-state index in [0.29, 0.717) is 38.3 Å². The average Bonchev–Trinajstić information content (AvgIpc) is 2.80. The predicted molar refractivity (Wildman–Crippen MR) is 129 cm³/mol. The molecule has 0 atom stereocenters. The second kappa shape index (κ2) is 9.89. The van der Waals surface area contributed by atoms with E-state index in [9.17, 15) is 9.59 Å². The van der Waals surface area contributed by atoms with Crippen molar-refractivity contribution in [1.82, 2.24) is 9.55 Å². The van der Waals surface area contributed by atoms with E-state index in [0.717, 1.165) is 5.69 Å². The molecule has 0 aliphatic carbocycles. The van der Waals surface area contributed by atoms with Crippen molar-refractivity contribution in [2.24, 2.45) is 0 Å². The van der Waals surface area contributed by atoms with Crippen molar-refractivity contribution in [1.29, 1.82) is 0 Å². The summed E-state index contributed by atoms with van der Waals surface area (Å²) in [5.41, 5.74) is 1.73. The van der Waals surface area contributed by atoms with Gasteiger partial charge in [0.05, 0.1) is 29.4 Å². The molecule has 0 radical (unpaired) electrons. The number of hydrogen-bond donors (Lipinski definition) is 1. The van der Waals surface area contributed by atoms with E-state index < -0.39 is 0 Å². The molecule has 4 rings (SSSR count). The van der Waals surface area contributed by atoms with Crippen molar-refractivity contribution < 1.29 is 9.53 Å². The fourth-order valence-corrected chi connectivity index (χ4v) is 4.36. The van der Waals surface area contributed by atoms with Gasteiger partial charge in [-0.3, -0.25) is 14.2 Å². The van der Waals surface area contributed by atoms with Gasteiger partial charge in [0, 0.05) is 17.2 Å². The molecular formula is C24H20ClN3O3S. The summed E-state index contributed by atoms with van der Waals surface area (Å²) in [6.07, 6.45) is 0.220. The largest absolute Gasteiger partial charge is 0.495 e. The SMILES string of the molecule is COc1ccc(Cl)cc1NC(=O)CCSc1nc2ccccc2c(=O)n1-c1ccccc1. The number of fused-ring (bicyclic) bond motifs is 1. The first-order valence-corrected chi connectivity index (χ1v) is 11.3. The molecule has 6 nitrogen and oxygen atoms in total. The zero-order chi connectivity index (χ0) is 22.5. The lowest BCUT2D eigenvalue weighted by atomic mass is 10.2. The molecule has 32 heavy (non-hydrogen) atoms. The normalized spacial score (nSPS) is 10.8. The molecule has 0 unspecified atom stereocenters. The van der Waals surface area contributed by atoms with Crippen molar-refractivity contribution >= 4 is 45.9 Å². The van der Waals surface area contributed by atoms with Gasteiger partial charge < -0.3 is 10.1 Å². The minimum Gasteiger partial charge on any atom is -0.495 e. The molecular weight excluding hydrogens is 446 g/mol. The van der Waals surface area contributed by atoms with Crippen LogP contribution in [0.25, 0.3) is 16.6 Å². The summed E-state index contributed by atoms with van der Waals surface area (Å²) in [5.74, 6) is 0.781. The first kappa shape index (κ1) is 21.9. The number of halogens is 1. The second-order valence-corrected chi connectivity index (χ2v) is 8.38. The van der Waals surface area contributed by atoms with Gasteiger partial charge in [-0.05, 0) is 42.5 Å². The van der Waals surface area contributed by atoms with E-state index in [1.807, 2.05) is 48.5 Å².